The third-order valence-electron chi connectivity index (χ3n) is 2.65. The summed E-state index contributed by atoms with van der Waals surface area (Å²) in [5.74, 6) is 0. The van der Waals surface area contributed by atoms with Crippen LogP contribution in [0, 0.1) is 0 Å². The minimum absolute atomic E-state index is 0.529. The van der Waals surface area contributed by atoms with E-state index in [4.69, 9.17) is 0 Å². The Bertz CT molecular complexity index is 140. The molecule has 0 heterocycles. The molecule has 2 atom stereocenters. The Kier molecular flexibility index (Phi) is 9.06. The molecule has 0 fully saturated rings. The SMILES string of the molecule is CCCCCC(O)C(O)CCCN(C)C. The van der Waals surface area contributed by atoms with Gasteiger partial charge in [0, 0.05) is 0 Å². The molecule has 0 aromatic carbocycles. The average molecular weight is 217 g/mol. The summed E-state index contributed by atoms with van der Waals surface area (Å²) in [7, 11) is 4.04. The van der Waals surface area contributed by atoms with E-state index in [0.29, 0.717) is 6.42 Å². The molecule has 0 aliphatic rings. The average Bonchev–Trinajstić information content (AvgIpc) is 2.17. The molecule has 0 rings (SSSR count). The second kappa shape index (κ2) is 9.13. The Morgan fingerprint density at radius 1 is 0.933 bits per heavy atom. The van der Waals surface area contributed by atoms with E-state index in [1.54, 1.807) is 0 Å². The lowest BCUT2D eigenvalue weighted by Gasteiger charge is -2.18. The summed E-state index contributed by atoms with van der Waals surface area (Å²) >= 11 is 0. The number of nitrogens with zero attached hydrogens (tertiary/aromatic N) is 1. The summed E-state index contributed by atoms with van der Waals surface area (Å²) in [5.41, 5.74) is 0. The van der Waals surface area contributed by atoms with Crippen molar-refractivity contribution in [2.75, 3.05) is 20.6 Å². The number of aliphatic hydroxyl groups excluding tert-OH is 2. The first-order chi connectivity index (χ1) is 7.07. The highest BCUT2D eigenvalue weighted by molar-refractivity contribution is 4.67. The van der Waals surface area contributed by atoms with Gasteiger partial charge in [-0.15, -0.1) is 0 Å². The summed E-state index contributed by atoms with van der Waals surface area (Å²) in [6.45, 7) is 3.11. The van der Waals surface area contributed by atoms with E-state index in [1.165, 1.54) is 0 Å². The Morgan fingerprint density at radius 3 is 1.93 bits per heavy atom. The van der Waals surface area contributed by atoms with Crippen LogP contribution in [0.15, 0.2) is 0 Å². The van der Waals surface area contributed by atoms with E-state index in [2.05, 4.69) is 11.8 Å². The first-order valence-corrected chi connectivity index (χ1v) is 6.08. The molecule has 0 aromatic heterocycles. The summed E-state index contributed by atoms with van der Waals surface area (Å²) in [6.07, 6.45) is 4.62. The highest BCUT2D eigenvalue weighted by Crippen LogP contribution is 2.10. The van der Waals surface area contributed by atoms with Crippen LogP contribution in [0.3, 0.4) is 0 Å². The molecule has 3 nitrogen and oxygen atoms in total. The van der Waals surface area contributed by atoms with Crippen molar-refractivity contribution in [3.63, 3.8) is 0 Å². The molecule has 0 spiro atoms. The van der Waals surface area contributed by atoms with Crippen LogP contribution < -0.4 is 0 Å². The number of hydrogen-bond donors (Lipinski definition) is 2. The lowest BCUT2D eigenvalue weighted by atomic mass is 10.0. The fourth-order valence-electron chi connectivity index (χ4n) is 1.60. The highest BCUT2D eigenvalue weighted by Gasteiger charge is 2.14. The van der Waals surface area contributed by atoms with Crippen LogP contribution >= 0.6 is 0 Å². The summed E-state index contributed by atoms with van der Waals surface area (Å²) in [5, 5.41) is 19.3. The lowest BCUT2D eigenvalue weighted by Crippen LogP contribution is -2.27. The smallest absolute Gasteiger partial charge is 0.0799 e. The molecule has 2 unspecified atom stereocenters. The molecule has 0 radical (unpaired) electrons. The number of hydrogen-bond acceptors (Lipinski definition) is 3. The Balaban J connectivity index is 3.46. The molecule has 15 heavy (non-hydrogen) atoms. The maximum absolute atomic E-state index is 9.66. The van der Waals surface area contributed by atoms with E-state index in [0.717, 1.165) is 38.6 Å². The second-order valence-corrected chi connectivity index (χ2v) is 4.58. The summed E-state index contributed by atoms with van der Waals surface area (Å²) in [6, 6.07) is 0. The molecule has 0 saturated carbocycles. The predicted octanol–water partition coefficient (Wildman–Crippen LogP) is 1.63. The molecule has 92 valence electrons. The maximum Gasteiger partial charge on any atom is 0.0799 e. The van der Waals surface area contributed by atoms with Crippen molar-refractivity contribution in [2.24, 2.45) is 0 Å². The molecule has 0 aliphatic heterocycles. The highest BCUT2D eigenvalue weighted by atomic mass is 16.3. The normalized spacial score (nSPS) is 15.6. The van der Waals surface area contributed by atoms with E-state index in [9.17, 15) is 10.2 Å². The van der Waals surface area contributed by atoms with Gasteiger partial charge in [-0.1, -0.05) is 26.2 Å². The Hall–Kier alpha value is -0.120. The maximum atomic E-state index is 9.66. The van der Waals surface area contributed by atoms with Crippen molar-refractivity contribution in [1.82, 2.24) is 4.90 Å². The molecule has 0 amide bonds. The van der Waals surface area contributed by atoms with E-state index in [1.807, 2.05) is 14.1 Å². The quantitative estimate of drug-likeness (QED) is 0.577. The van der Waals surface area contributed by atoms with Crippen LogP contribution in [-0.4, -0.2) is 48.0 Å². The van der Waals surface area contributed by atoms with Crippen LogP contribution in [0.25, 0.3) is 0 Å². The first-order valence-electron chi connectivity index (χ1n) is 6.08. The molecular weight excluding hydrogens is 190 g/mol. The Morgan fingerprint density at radius 2 is 1.47 bits per heavy atom. The summed E-state index contributed by atoms with van der Waals surface area (Å²) in [4.78, 5) is 2.09. The van der Waals surface area contributed by atoms with Crippen molar-refractivity contribution in [3.8, 4) is 0 Å². The van der Waals surface area contributed by atoms with Gasteiger partial charge in [0.15, 0.2) is 0 Å². The van der Waals surface area contributed by atoms with Crippen molar-refractivity contribution < 1.29 is 10.2 Å². The van der Waals surface area contributed by atoms with E-state index >= 15 is 0 Å². The van der Waals surface area contributed by atoms with E-state index < -0.39 is 12.2 Å². The molecule has 0 saturated heterocycles. The molecular formula is C12H27NO2. The van der Waals surface area contributed by atoms with Crippen molar-refractivity contribution in [3.05, 3.63) is 0 Å². The molecule has 3 heteroatoms. The van der Waals surface area contributed by atoms with Gasteiger partial charge in [-0.25, -0.2) is 0 Å². The minimum Gasteiger partial charge on any atom is -0.390 e. The zero-order chi connectivity index (χ0) is 11.7. The molecule has 0 aromatic rings. The van der Waals surface area contributed by atoms with Crippen LogP contribution in [0.1, 0.15) is 45.4 Å². The fourth-order valence-corrected chi connectivity index (χ4v) is 1.60. The van der Waals surface area contributed by atoms with Crippen molar-refractivity contribution >= 4 is 0 Å². The Labute approximate surface area is 94.1 Å². The van der Waals surface area contributed by atoms with Gasteiger partial charge in [0.1, 0.15) is 0 Å². The molecule has 0 aliphatic carbocycles. The third-order valence-corrected chi connectivity index (χ3v) is 2.65. The van der Waals surface area contributed by atoms with Gasteiger partial charge in [0.05, 0.1) is 12.2 Å². The van der Waals surface area contributed by atoms with Crippen LogP contribution in [0.5, 0.6) is 0 Å². The van der Waals surface area contributed by atoms with Gasteiger partial charge >= 0.3 is 0 Å². The standard InChI is InChI=1S/C12H27NO2/c1-4-5-6-8-11(14)12(15)9-7-10-13(2)3/h11-12,14-15H,4-10H2,1-3H3. The topological polar surface area (TPSA) is 43.7 Å². The van der Waals surface area contributed by atoms with Crippen LogP contribution in [-0.2, 0) is 0 Å². The van der Waals surface area contributed by atoms with Gasteiger partial charge in [-0.3, -0.25) is 0 Å². The molecule has 0 bridgehead atoms. The minimum atomic E-state index is -0.540. The van der Waals surface area contributed by atoms with Gasteiger partial charge in [0.2, 0.25) is 0 Å². The fraction of sp³-hybridized carbons (Fsp3) is 1.00. The largest absolute Gasteiger partial charge is 0.390 e. The number of unbranched alkanes of at least 4 members (excludes halogenated alkanes) is 2. The van der Waals surface area contributed by atoms with Gasteiger partial charge in [-0.05, 0) is 39.9 Å². The van der Waals surface area contributed by atoms with Gasteiger partial charge in [0.25, 0.3) is 0 Å². The monoisotopic (exact) mass is 217 g/mol. The van der Waals surface area contributed by atoms with Gasteiger partial charge in [-0.2, -0.15) is 0 Å². The third kappa shape index (κ3) is 8.85. The molecule has 2 N–H and O–H groups in total. The van der Waals surface area contributed by atoms with Crippen LogP contribution in [0.4, 0.5) is 0 Å². The zero-order valence-electron chi connectivity index (χ0n) is 10.4. The van der Waals surface area contributed by atoms with E-state index in [-0.39, 0.29) is 0 Å². The number of rotatable bonds is 9. The zero-order valence-corrected chi connectivity index (χ0v) is 10.4. The van der Waals surface area contributed by atoms with Crippen molar-refractivity contribution in [2.45, 2.75) is 57.7 Å². The predicted molar refractivity (Wildman–Crippen MR) is 63.9 cm³/mol. The summed E-state index contributed by atoms with van der Waals surface area (Å²) < 4.78 is 0. The van der Waals surface area contributed by atoms with Crippen LogP contribution in [0.2, 0.25) is 0 Å². The lowest BCUT2D eigenvalue weighted by molar-refractivity contribution is 0.00670. The van der Waals surface area contributed by atoms with Gasteiger partial charge < -0.3 is 15.1 Å². The number of aliphatic hydroxyl groups is 2. The van der Waals surface area contributed by atoms with Crippen molar-refractivity contribution in [1.29, 1.82) is 0 Å². The second-order valence-electron chi connectivity index (χ2n) is 4.58. The first kappa shape index (κ1) is 14.9.